The van der Waals surface area contributed by atoms with Gasteiger partial charge in [-0.3, -0.25) is 9.48 Å². The van der Waals surface area contributed by atoms with Crippen molar-refractivity contribution in [1.82, 2.24) is 9.78 Å². The Labute approximate surface area is 150 Å². The van der Waals surface area contributed by atoms with Crippen LogP contribution in [0.25, 0.3) is 0 Å². The van der Waals surface area contributed by atoms with E-state index in [0.717, 1.165) is 11.1 Å². The van der Waals surface area contributed by atoms with E-state index in [-0.39, 0.29) is 11.7 Å². The minimum absolute atomic E-state index is 0.151. The highest BCUT2D eigenvalue weighted by molar-refractivity contribution is 6.33. The Morgan fingerprint density at radius 2 is 1.88 bits per heavy atom. The van der Waals surface area contributed by atoms with Gasteiger partial charge in [-0.2, -0.15) is 5.10 Å². The highest BCUT2D eigenvalue weighted by Gasteiger charge is 2.11. The van der Waals surface area contributed by atoms with Gasteiger partial charge in [-0.15, -0.1) is 0 Å². The summed E-state index contributed by atoms with van der Waals surface area (Å²) in [7, 11) is 0. The molecule has 0 aliphatic carbocycles. The maximum Gasteiger partial charge on any atom is 0.225 e. The number of carbonyl (C=O) groups excluding carboxylic acids is 1. The molecule has 0 atom stereocenters. The molecule has 25 heavy (non-hydrogen) atoms. The Kier molecular flexibility index (Phi) is 5.46. The zero-order valence-electron chi connectivity index (χ0n) is 13.5. The number of benzene rings is 2. The molecule has 0 unspecified atom stereocenters. The fraction of sp³-hybridized carbons (Fsp3) is 0.158. The maximum absolute atomic E-state index is 13.2. The van der Waals surface area contributed by atoms with Gasteiger partial charge in [0.25, 0.3) is 0 Å². The van der Waals surface area contributed by atoms with Crippen LogP contribution >= 0.6 is 11.6 Å². The summed E-state index contributed by atoms with van der Waals surface area (Å²) in [6, 6.07) is 16.1. The summed E-state index contributed by atoms with van der Waals surface area (Å²) in [6.45, 7) is 0.372. The molecule has 1 heterocycles. The Bertz CT molecular complexity index is 864. The summed E-state index contributed by atoms with van der Waals surface area (Å²) in [4.78, 5) is 12.1. The SMILES string of the molecule is O=C(CCc1ccccc1)Nc1nn(Cc2cccc(F)c2)cc1Cl. The molecule has 2 aromatic carbocycles. The van der Waals surface area contributed by atoms with Gasteiger partial charge < -0.3 is 5.32 Å². The number of nitrogens with zero attached hydrogens (tertiary/aromatic N) is 2. The number of rotatable bonds is 6. The Balaban J connectivity index is 1.59. The number of nitrogens with one attached hydrogen (secondary N) is 1. The highest BCUT2D eigenvalue weighted by atomic mass is 35.5. The van der Waals surface area contributed by atoms with Gasteiger partial charge in [0.2, 0.25) is 5.91 Å². The van der Waals surface area contributed by atoms with Crippen molar-refractivity contribution in [3.8, 4) is 0 Å². The summed E-state index contributed by atoms with van der Waals surface area (Å²) in [5.41, 5.74) is 1.86. The van der Waals surface area contributed by atoms with Crippen LogP contribution in [0.5, 0.6) is 0 Å². The minimum atomic E-state index is -0.301. The second kappa shape index (κ2) is 7.94. The first-order valence-corrected chi connectivity index (χ1v) is 8.29. The summed E-state index contributed by atoms with van der Waals surface area (Å²) < 4.78 is 14.8. The first kappa shape index (κ1) is 17.2. The third kappa shape index (κ3) is 4.90. The van der Waals surface area contributed by atoms with Crippen LogP contribution in [-0.4, -0.2) is 15.7 Å². The van der Waals surface area contributed by atoms with Gasteiger partial charge >= 0.3 is 0 Å². The van der Waals surface area contributed by atoms with Crippen molar-refractivity contribution in [2.75, 3.05) is 5.32 Å². The van der Waals surface area contributed by atoms with Crippen LogP contribution in [0.4, 0.5) is 10.2 Å². The van der Waals surface area contributed by atoms with Crippen LogP contribution in [0.1, 0.15) is 17.5 Å². The molecule has 0 radical (unpaired) electrons. The lowest BCUT2D eigenvalue weighted by molar-refractivity contribution is -0.116. The Morgan fingerprint density at radius 3 is 2.64 bits per heavy atom. The van der Waals surface area contributed by atoms with Crippen molar-refractivity contribution in [3.05, 3.63) is 82.8 Å². The van der Waals surface area contributed by atoms with Crippen LogP contribution in [0.2, 0.25) is 5.02 Å². The van der Waals surface area contributed by atoms with E-state index in [4.69, 9.17) is 11.6 Å². The van der Waals surface area contributed by atoms with E-state index in [1.54, 1.807) is 23.0 Å². The molecule has 4 nitrogen and oxygen atoms in total. The van der Waals surface area contributed by atoms with E-state index < -0.39 is 0 Å². The number of hydrogen-bond acceptors (Lipinski definition) is 2. The number of hydrogen-bond donors (Lipinski definition) is 1. The van der Waals surface area contributed by atoms with Crippen LogP contribution in [0, 0.1) is 5.82 Å². The quantitative estimate of drug-likeness (QED) is 0.715. The molecule has 0 fully saturated rings. The topological polar surface area (TPSA) is 46.9 Å². The van der Waals surface area contributed by atoms with Crippen molar-refractivity contribution < 1.29 is 9.18 Å². The van der Waals surface area contributed by atoms with Crippen molar-refractivity contribution in [2.45, 2.75) is 19.4 Å². The first-order valence-electron chi connectivity index (χ1n) is 7.91. The van der Waals surface area contributed by atoms with Gasteiger partial charge in [0, 0.05) is 12.6 Å². The molecule has 1 aromatic heterocycles. The Morgan fingerprint density at radius 1 is 1.12 bits per heavy atom. The molecule has 3 aromatic rings. The molecule has 0 bridgehead atoms. The van der Waals surface area contributed by atoms with Crippen LogP contribution in [-0.2, 0) is 17.8 Å². The predicted octanol–water partition coefficient (Wildman–Crippen LogP) is 4.30. The van der Waals surface area contributed by atoms with E-state index in [1.165, 1.54) is 12.1 Å². The largest absolute Gasteiger partial charge is 0.308 e. The molecule has 0 saturated heterocycles. The van der Waals surface area contributed by atoms with Crippen LogP contribution in [0.15, 0.2) is 60.8 Å². The molecule has 0 aliphatic rings. The summed E-state index contributed by atoms with van der Waals surface area (Å²) in [5.74, 6) is -0.136. The number of anilines is 1. The molecular weight excluding hydrogens is 341 g/mol. The molecule has 1 N–H and O–H groups in total. The highest BCUT2D eigenvalue weighted by Crippen LogP contribution is 2.20. The van der Waals surface area contributed by atoms with E-state index >= 15 is 0 Å². The van der Waals surface area contributed by atoms with Crippen LogP contribution < -0.4 is 5.32 Å². The third-order valence-corrected chi connectivity index (χ3v) is 3.97. The van der Waals surface area contributed by atoms with E-state index in [1.807, 2.05) is 30.3 Å². The van der Waals surface area contributed by atoms with Crippen molar-refractivity contribution in [1.29, 1.82) is 0 Å². The van der Waals surface area contributed by atoms with Gasteiger partial charge in [-0.25, -0.2) is 4.39 Å². The fourth-order valence-electron chi connectivity index (χ4n) is 2.48. The number of carbonyl (C=O) groups is 1. The average Bonchev–Trinajstić information content (AvgIpc) is 2.93. The Hall–Kier alpha value is -2.66. The number of amides is 1. The number of aryl methyl sites for hydroxylation is 1. The van der Waals surface area contributed by atoms with Crippen molar-refractivity contribution in [2.24, 2.45) is 0 Å². The number of halogens is 2. The van der Waals surface area contributed by atoms with Crippen LogP contribution in [0.3, 0.4) is 0 Å². The maximum atomic E-state index is 13.2. The molecule has 0 spiro atoms. The van der Waals surface area contributed by atoms with Gasteiger partial charge in [0.1, 0.15) is 10.8 Å². The smallest absolute Gasteiger partial charge is 0.225 e. The molecule has 1 amide bonds. The predicted molar refractivity (Wildman–Crippen MR) is 96.1 cm³/mol. The number of aromatic nitrogens is 2. The molecule has 128 valence electrons. The molecule has 0 aliphatic heterocycles. The van der Waals surface area contributed by atoms with Gasteiger partial charge in [0.15, 0.2) is 5.82 Å². The van der Waals surface area contributed by atoms with Crippen molar-refractivity contribution >= 4 is 23.3 Å². The third-order valence-electron chi connectivity index (χ3n) is 3.69. The second-order valence-corrected chi connectivity index (χ2v) is 6.09. The minimum Gasteiger partial charge on any atom is -0.308 e. The lowest BCUT2D eigenvalue weighted by Gasteiger charge is -2.04. The van der Waals surface area contributed by atoms with Gasteiger partial charge in [-0.1, -0.05) is 54.1 Å². The lowest BCUT2D eigenvalue weighted by atomic mass is 10.1. The molecule has 0 saturated carbocycles. The fourth-order valence-corrected chi connectivity index (χ4v) is 2.68. The summed E-state index contributed by atoms with van der Waals surface area (Å²) >= 11 is 6.13. The van der Waals surface area contributed by atoms with Gasteiger partial charge in [0.05, 0.1) is 6.54 Å². The first-order chi connectivity index (χ1) is 12.1. The standard InChI is InChI=1S/C19H17ClFN3O/c20-17-13-24(12-15-7-4-8-16(21)11-15)23-19(17)22-18(25)10-9-14-5-2-1-3-6-14/h1-8,11,13H,9-10,12H2,(H,22,23,25). The monoisotopic (exact) mass is 357 g/mol. The zero-order chi connectivity index (χ0) is 17.6. The van der Waals surface area contributed by atoms with E-state index in [2.05, 4.69) is 10.4 Å². The molecule has 6 heteroatoms. The molecular formula is C19H17ClFN3O. The zero-order valence-corrected chi connectivity index (χ0v) is 14.2. The lowest BCUT2D eigenvalue weighted by Crippen LogP contribution is -2.13. The van der Waals surface area contributed by atoms with Gasteiger partial charge in [-0.05, 0) is 29.7 Å². The summed E-state index contributed by atoms with van der Waals surface area (Å²) in [5, 5.41) is 7.33. The van der Waals surface area contributed by atoms with E-state index in [0.29, 0.717) is 30.2 Å². The average molecular weight is 358 g/mol. The molecule has 3 rings (SSSR count). The second-order valence-electron chi connectivity index (χ2n) is 5.69. The normalized spacial score (nSPS) is 10.6. The van der Waals surface area contributed by atoms with E-state index in [9.17, 15) is 9.18 Å². The summed E-state index contributed by atoms with van der Waals surface area (Å²) in [6.07, 6.45) is 2.60. The van der Waals surface area contributed by atoms with Crippen molar-refractivity contribution in [3.63, 3.8) is 0 Å².